The molecule has 1 aliphatic rings. The Balaban J connectivity index is 0.00000240. The van der Waals surface area contributed by atoms with Crippen LogP contribution in [0.25, 0.3) is 22.2 Å². The predicted octanol–water partition coefficient (Wildman–Crippen LogP) is 3.31. The standard InChI is InChI=1S/C21H23N3O4.ClH/c1-11-18(23-20(26)17(19(11)25)21(27)28)12-6-7-16-13(8-12)9-15(24(16)2)10-22-14-4-3-5-14;/h6-9,14,22H,3-5,10H2,1-2H3,(H,27,28)(H2,23,25,26);1H. The van der Waals surface area contributed by atoms with E-state index >= 15 is 0 Å². The van der Waals surface area contributed by atoms with Crippen LogP contribution in [-0.4, -0.2) is 31.8 Å². The Morgan fingerprint density at radius 3 is 2.66 bits per heavy atom. The van der Waals surface area contributed by atoms with Gasteiger partial charge in [0.15, 0.2) is 5.56 Å². The number of halogens is 1. The van der Waals surface area contributed by atoms with Crippen LogP contribution in [0, 0.1) is 6.92 Å². The molecule has 8 heteroatoms. The first-order chi connectivity index (χ1) is 13.4. The van der Waals surface area contributed by atoms with Gasteiger partial charge >= 0.3 is 5.97 Å². The third-order valence-electron chi connectivity index (χ3n) is 5.75. The zero-order valence-electron chi connectivity index (χ0n) is 16.3. The van der Waals surface area contributed by atoms with E-state index in [-0.39, 0.29) is 12.4 Å². The summed E-state index contributed by atoms with van der Waals surface area (Å²) in [4.78, 5) is 25.9. The molecule has 0 radical (unpaired) electrons. The van der Waals surface area contributed by atoms with Crippen LogP contribution in [0.1, 0.15) is 40.9 Å². The molecular weight excluding hydrogens is 394 g/mol. The van der Waals surface area contributed by atoms with Crippen molar-refractivity contribution in [3.05, 3.63) is 51.4 Å². The summed E-state index contributed by atoms with van der Waals surface area (Å²) in [7, 11) is 2.03. The number of aromatic carboxylic acids is 1. The fraction of sp³-hybridized carbons (Fsp3) is 0.333. The topological polar surface area (TPSA) is 107 Å². The molecule has 154 valence electrons. The van der Waals surface area contributed by atoms with Gasteiger partial charge in [0, 0.05) is 41.8 Å². The van der Waals surface area contributed by atoms with Gasteiger partial charge in [-0.1, -0.05) is 12.5 Å². The van der Waals surface area contributed by atoms with E-state index in [4.69, 9.17) is 5.11 Å². The van der Waals surface area contributed by atoms with Gasteiger partial charge in [0.25, 0.3) is 5.56 Å². The van der Waals surface area contributed by atoms with Crippen LogP contribution in [0.15, 0.2) is 29.1 Å². The number of nitrogens with zero attached hydrogens (tertiary/aromatic N) is 1. The molecule has 1 aromatic carbocycles. The van der Waals surface area contributed by atoms with E-state index in [1.807, 2.05) is 25.2 Å². The Morgan fingerprint density at radius 1 is 1.31 bits per heavy atom. The van der Waals surface area contributed by atoms with Crippen LogP contribution >= 0.6 is 12.4 Å². The number of aromatic hydroxyl groups is 1. The number of rotatable bonds is 5. The van der Waals surface area contributed by atoms with E-state index < -0.39 is 22.8 Å². The fourth-order valence-electron chi connectivity index (χ4n) is 3.76. The molecule has 0 atom stereocenters. The van der Waals surface area contributed by atoms with Crippen LogP contribution in [0.3, 0.4) is 0 Å². The van der Waals surface area contributed by atoms with E-state index in [9.17, 15) is 14.7 Å². The number of aromatic amines is 1. The first-order valence-electron chi connectivity index (χ1n) is 9.38. The second kappa shape index (κ2) is 7.93. The quantitative estimate of drug-likeness (QED) is 0.509. The lowest BCUT2D eigenvalue weighted by atomic mass is 9.93. The van der Waals surface area contributed by atoms with E-state index in [1.165, 1.54) is 25.0 Å². The second-order valence-corrected chi connectivity index (χ2v) is 7.46. The molecule has 0 aliphatic heterocycles. The average Bonchev–Trinajstić information content (AvgIpc) is 2.92. The summed E-state index contributed by atoms with van der Waals surface area (Å²) >= 11 is 0. The van der Waals surface area contributed by atoms with Crippen molar-refractivity contribution in [3.8, 4) is 17.0 Å². The number of benzene rings is 1. The number of aromatic nitrogens is 2. The van der Waals surface area contributed by atoms with Crippen molar-refractivity contribution in [1.29, 1.82) is 0 Å². The lowest BCUT2D eigenvalue weighted by molar-refractivity contribution is 0.0691. The first-order valence-corrected chi connectivity index (χ1v) is 9.38. The fourth-order valence-corrected chi connectivity index (χ4v) is 3.76. The van der Waals surface area contributed by atoms with Crippen molar-refractivity contribution < 1.29 is 15.0 Å². The Hall–Kier alpha value is -2.77. The van der Waals surface area contributed by atoms with Crippen LogP contribution in [-0.2, 0) is 13.6 Å². The van der Waals surface area contributed by atoms with Gasteiger partial charge in [0.05, 0.1) is 5.69 Å². The number of hydrogen-bond acceptors (Lipinski definition) is 4. The second-order valence-electron chi connectivity index (χ2n) is 7.46. The van der Waals surface area contributed by atoms with Crippen LogP contribution in [0.4, 0.5) is 0 Å². The molecule has 7 nitrogen and oxygen atoms in total. The highest BCUT2D eigenvalue weighted by Gasteiger charge is 2.21. The molecule has 1 fully saturated rings. The smallest absolute Gasteiger partial charge is 0.345 e. The largest absolute Gasteiger partial charge is 0.506 e. The zero-order valence-corrected chi connectivity index (χ0v) is 17.1. The first kappa shape index (κ1) is 21.0. The molecule has 0 amide bonds. The van der Waals surface area contributed by atoms with Crippen molar-refractivity contribution in [1.82, 2.24) is 14.9 Å². The highest BCUT2D eigenvalue weighted by Crippen LogP contribution is 2.31. The number of H-pyrrole nitrogens is 1. The number of aryl methyl sites for hydroxylation is 1. The van der Waals surface area contributed by atoms with E-state index in [2.05, 4.69) is 20.9 Å². The van der Waals surface area contributed by atoms with Gasteiger partial charge in [-0.15, -0.1) is 12.4 Å². The molecule has 1 aliphatic carbocycles. The molecule has 0 unspecified atom stereocenters. The summed E-state index contributed by atoms with van der Waals surface area (Å²) < 4.78 is 2.14. The lowest BCUT2D eigenvalue weighted by Gasteiger charge is -2.26. The minimum absolute atomic E-state index is 0. The number of hydrogen-bond donors (Lipinski definition) is 4. The number of pyridine rings is 1. The third-order valence-corrected chi connectivity index (χ3v) is 5.75. The van der Waals surface area contributed by atoms with Gasteiger partial charge < -0.3 is 25.1 Å². The molecule has 0 saturated heterocycles. The predicted molar refractivity (Wildman–Crippen MR) is 114 cm³/mol. The molecule has 4 N–H and O–H groups in total. The maximum atomic E-state index is 12.1. The Bertz CT molecular complexity index is 1150. The normalized spacial score (nSPS) is 13.9. The Kier molecular flexibility index (Phi) is 5.73. The average molecular weight is 418 g/mol. The Morgan fingerprint density at radius 2 is 2.03 bits per heavy atom. The Labute approximate surface area is 173 Å². The molecule has 2 aromatic heterocycles. The van der Waals surface area contributed by atoms with Gasteiger partial charge in [-0.3, -0.25) is 4.79 Å². The summed E-state index contributed by atoms with van der Waals surface area (Å²) in [6, 6.07) is 8.50. The summed E-state index contributed by atoms with van der Waals surface area (Å²) in [6.07, 6.45) is 3.76. The highest BCUT2D eigenvalue weighted by atomic mass is 35.5. The third kappa shape index (κ3) is 3.63. The highest BCUT2D eigenvalue weighted by molar-refractivity contribution is 5.92. The molecule has 0 spiro atoms. The molecule has 2 heterocycles. The van der Waals surface area contributed by atoms with Crippen LogP contribution in [0.2, 0.25) is 0 Å². The monoisotopic (exact) mass is 417 g/mol. The molecular formula is C21H24ClN3O4. The number of carboxylic acids is 1. The summed E-state index contributed by atoms with van der Waals surface area (Å²) in [5, 5.41) is 23.9. The number of carboxylic acid groups (broad SMARTS) is 1. The van der Waals surface area contributed by atoms with Crippen molar-refractivity contribution in [2.24, 2.45) is 7.05 Å². The van der Waals surface area contributed by atoms with E-state index in [0.29, 0.717) is 17.3 Å². The van der Waals surface area contributed by atoms with E-state index in [0.717, 1.165) is 23.0 Å². The summed E-state index contributed by atoms with van der Waals surface area (Å²) in [5.41, 5.74) is 2.27. The van der Waals surface area contributed by atoms with E-state index in [1.54, 1.807) is 6.92 Å². The minimum atomic E-state index is -1.45. The van der Waals surface area contributed by atoms with Gasteiger partial charge in [0.1, 0.15) is 5.75 Å². The van der Waals surface area contributed by atoms with Crippen LogP contribution < -0.4 is 10.9 Å². The maximum Gasteiger partial charge on any atom is 0.345 e. The number of nitrogens with one attached hydrogen (secondary N) is 2. The van der Waals surface area contributed by atoms with Gasteiger partial charge in [-0.2, -0.15) is 0 Å². The van der Waals surface area contributed by atoms with Crippen molar-refractivity contribution in [2.45, 2.75) is 38.8 Å². The van der Waals surface area contributed by atoms with Crippen LogP contribution in [0.5, 0.6) is 5.75 Å². The minimum Gasteiger partial charge on any atom is -0.506 e. The number of fused-ring (bicyclic) bond motifs is 1. The van der Waals surface area contributed by atoms with Crippen molar-refractivity contribution >= 4 is 29.3 Å². The van der Waals surface area contributed by atoms with Crippen molar-refractivity contribution in [2.75, 3.05) is 0 Å². The maximum absolute atomic E-state index is 12.1. The van der Waals surface area contributed by atoms with Gasteiger partial charge in [-0.05, 0) is 43.5 Å². The van der Waals surface area contributed by atoms with Gasteiger partial charge in [0.2, 0.25) is 0 Å². The molecule has 1 saturated carbocycles. The summed E-state index contributed by atoms with van der Waals surface area (Å²) in [5.74, 6) is -1.94. The lowest BCUT2D eigenvalue weighted by Crippen LogP contribution is -2.34. The van der Waals surface area contributed by atoms with Gasteiger partial charge in [-0.25, -0.2) is 4.79 Å². The molecule has 29 heavy (non-hydrogen) atoms. The number of carbonyl (C=O) groups is 1. The molecule has 0 bridgehead atoms. The SMILES string of the molecule is Cc1c(-c2ccc3c(c2)cc(CNC2CCC2)n3C)[nH]c(=O)c(C(=O)O)c1O.Cl. The summed E-state index contributed by atoms with van der Waals surface area (Å²) in [6.45, 7) is 2.39. The van der Waals surface area contributed by atoms with Crippen molar-refractivity contribution in [3.63, 3.8) is 0 Å². The molecule has 4 rings (SSSR count). The zero-order chi connectivity index (χ0) is 20.0. The molecule has 3 aromatic rings.